The minimum atomic E-state index is 0.897. The van der Waals surface area contributed by atoms with E-state index in [0.717, 1.165) is 111 Å². The van der Waals surface area contributed by atoms with E-state index in [4.69, 9.17) is 19.9 Å². The standard InChI is InChI=1S/C53H33N5/c1-2-25-54-47(16-1)39-10-3-11-40(28-39)48-23-21-35-18-20-41(33-51(35)57-48)49-24-22-34-17-19-38(32-50(34)58-49)42-29-43(45-14-4-8-36-12-6-26-55-52(36)45)31-44(30-42)46-15-5-9-37-13-7-27-56-53(37)46/h1-33H. The maximum atomic E-state index is 5.25. The van der Waals surface area contributed by atoms with Gasteiger partial charge in [0, 0.05) is 68.0 Å². The van der Waals surface area contributed by atoms with E-state index in [-0.39, 0.29) is 0 Å². The molecule has 11 rings (SSSR count). The molecule has 0 saturated carbocycles. The number of hydrogen-bond acceptors (Lipinski definition) is 5. The quantitative estimate of drug-likeness (QED) is 0.170. The van der Waals surface area contributed by atoms with Crippen LogP contribution in [0.5, 0.6) is 0 Å². The predicted octanol–water partition coefficient (Wildman–Crippen LogP) is 13.3. The first-order chi connectivity index (χ1) is 28.7. The zero-order valence-corrected chi connectivity index (χ0v) is 31.3. The second-order valence-corrected chi connectivity index (χ2v) is 14.6. The fraction of sp³-hybridized carbons (Fsp3) is 0. The van der Waals surface area contributed by atoms with Gasteiger partial charge in [0.1, 0.15) is 0 Å². The van der Waals surface area contributed by atoms with Crippen molar-refractivity contribution in [2.75, 3.05) is 0 Å². The lowest BCUT2D eigenvalue weighted by Gasteiger charge is -2.14. The van der Waals surface area contributed by atoms with Gasteiger partial charge in [-0.05, 0) is 95.1 Å². The average Bonchev–Trinajstić information content (AvgIpc) is 3.30. The van der Waals surface area contributed by atoms with Crippen LogP contribution >= 0.6 is 0 Å². The van der Waals surface area contributed by atoms with Crippen molar-refractivity contribution in [2.45, 2.75) is 0 Å². The Labute approximate surface area is 335 Å². The summed E-state index contributed by atoms with van der Waals surface area (Å²) in [6.45, 7) is 0. The summed E-state index contributed by atoms with van der Waals surface area (Å²) >= 11 is 0. The van der Waals surface area contributed by atoms with E-state index in [1.165, 1.54) is 0 Å². The Hall–Kier alpha value is -7.89. The van der Waals surface area contributed by atoms with Crippen LogP contribution in [0.4, 0.5) is 0 Å². The Bertz CT molecular complexity index is 3250. The molecule has 0 aliphatic heterocycles. The van der Waals surface area contributed by atoms with Crippen LogP contribution in [0.25, 0.3) is 111 Å². The van der Waals surface area contributed by atoms with Crippen molar-refractivity contribution in [1.29, 1.82) is 0 Å². The summed E-state index contributed by atoms with van der Waals surface area (Å²) < 4.78 is 0. The van der Waals surface area contributed by atoms with Crippen LogP contribution in [0, 0.1) is 0 Å². The van der Waals surface area contributed by atoms with Crippen LogP contribution in [0.3, 0.4) is 0 Å². The number of pyridine rings is 5. The zero-order chi connectivity index (χ0) is 38.4. The highest BCUT2D eigenvalue weighted by Gasteiger charge is 2.14. The second kappa shape index (κ2) is 14.0. The number of fused-ring (bicyclic) bond motifs is 4. The summed E-state index contributed by atoms with van der Waals surface area (Å²) in [5.41, 5.74) is 16.2. The lowest BCUT2D eigenvalue weighted by molar-refractivity contribution is 1.32. The SMILES string of the molecule is c1ccc(-c2cccc(-c3ccc4ccc(-c5ccc6ccc(-c7cc(-c8cccc9cccnc89)cc(-c8cccc9cccnc89)c7)cc6n5)cc4n3)c2)nc1. The van der Waals surface area contributed by atoms with Gasteiger partial charge in [-0.2, -0.15) is 0 Å². The smallest absolute Gasteiger partial charge is 0.0780 e. The van der Waals surface area contributed by atoms with Crippen LogP contribution in [0.1, 0.15) is 0 Å². The van der Waals surface area contributed by atoms with E-state index in [1.54, 1.807) is 0 Å². The van der Waals surface area contributed by atoms with Gasteiger partial charge in [-0.15, -0.1) is 0 Å². The van der Waals surface area contributed by atoms with Crippen LogP contribution in [-0.4, -0.2) is 24.9 Å². The highest BCUT2D eigenvalue weighted by Crippen LogP contribution is 2.38. The highest BCUT2D eigenvalue weighted by atomic mass is 14.7. The molecule has 58 heavy (non-hydrogen) atoms. The fourth-order valence-corrected chi connectivity index (χ4v) is 8.05. The zero-order valence-electron chi connectivity index (χ0n) is 31.3. The third kappa shape index (κ3) is 6.12. The maximum Gasteiger partial charge on any atom is 0.0780 e. The molecule has 5 aromatic heterocycles. The van der Waals surface area contributed by atoms with Crippen LogP contribution < -0.4 is 0 Å². The van der Waals surface area contributed by atoms with Gasteiger partial charge in [0.05, 0.1) is 39.1 Å². The molecule has 5 heterocycles. The van der Waals surface area contributed by atoms with E-state index in [2.05, 4.69) is 157 Å². The Balaban J connectivity index is 1.00. The van der Waals surface area contributed by atoms with Gasteiger partial charge in [-0.25, -0.2) is 9.97 Å². The molecule has 0 aliphatic rings. The molecule has 11 aromatic rings. The van der Waals surface area contributed by atoms with Crippen molar-refractivity contribution in [1.82, 2.24) is 24.9 Å². The number of para-hydroxylation sites is 2. The van der Waals surface area contributed by atoms with Gasteiger partial charge >= 0.3 is 0 Å². The first-order valence-corrected chi connectivity index (χ1v) is 19.4. The number of aromatic nitrogens is 5. The van der Waals surface area contributed by atoms with Crippen LogP contribution in [0.2, 0.25) is 0 Å². The van der Waals surface area contributed by atoms with Crippen LogP contribution in [-0.2, 0) is 0 Å². The van der Waals surface area contributed by atoms with E-state index in [0.29, 0.717) is 0 Å². The lowest BCUT2D eigenvalue weighted by Crippen LogP contribution is -1.91. The molecule has 0 saturated heterocycles. The summed E-state index contributed by atoms with van der Waals surface area (Å²) in [6.07, 6.45) is 5.56. The number of nitrogens with zero attached hydrogens (tertiary/aromatic N) is 5. The van der Waals surface area contributed by atoms with Crippen molar-refractivity contribution in [2.24, 2.45) is 0 Å². The summed E-state index contributed by atoms with van der Waals surface area (Å²) in [5, 5.41) is 4.37. The van der Waals surface area contributed by atoms with E-state index in [9.17, 15) is 0 Å². The largest absolute Gasteiger partial charge is 0.256 e. The highest BCUT2D eigenvalue weighted by molar-refractivity contribution is 5.99. The van der Waals surface area contributed by atoms with Gasteiger partial charge in [-0.3, -0.25) is 15.0 Å². The molecule has 0 atom stereocenters. The Morgan fingerprint density at radius 2 is 0.741 bits per heavy atom. The van der Waals surface area contributed by atoms with Crippen molar-refractivity contribution in [3.05, 3.63) is 201 Å². The first-order valence-electron chi connectivity index (χ1n) is 19.4. The van der Waals surface area contributed by atoms with Crippen molar-refractivity contribution in [3.63, 3.8) is 0 Å². The van der Waals surface area contributed by atoms with E-state index in [1.807, 2.05) is 48.9 Å². The molecule has 5 nitrogen and oxygen atoms in total. The predicted molar refractivity (Wildman–Crippen MR) is 238 cm³/mol. The van der Waals surface area contributed by atoms with Crippen molar-refractivity contribution < 1.29 is 0 Å². The molecule has 0 fully saturated rings. The maximum absolute atomic E-state index is 5.25. The Morgan fingerprint density at radius 1 is 0.259 bits per heavy atom. The molecule has 0 bridgehead atoms. The van der Waals surface area contributed by atoms with E-state index >= 15 is 0 Å². The van der Waals surface area contributed by atoms with Gasteiger partial charge < -0.3 is 0 Å². The molecule has 0 radical (unpaired) electrons. The molecule has 0 N–H and O–H groups in total. The summed E-state index contributed by atoms with van der Waals surface area (Å²) in [5.74, 6) is 0. The minimum absolute atomic E-state index is 0.897. The second-order valence-electron chi connectivity index (χ2n) is 14.6. The number of rotatable bonds is 6. The molecular weight excluding hydrogens is 707 g/mol. The number of benzene rings is 6. The molecule has 0 spiro atoms. The fourth-order valence-electron chi connectivity index (χ4n) is 8.05. The molecule has 5 heteroatoms. The normalized spacial score (nSPS) is 11.4. The van der Waals surface area contributed by atoms with Crippen LogP contribution in [0.15, 0.2) is 201 Å². The summed E-state index contributed by atoms with van der Waals surface area (Å²) in [7, 11) is 0. The lowest BCUT2D eigenvalue weighted by atomic mass is 9.91. The number of hydrogen-bond donors (Lipinski definition) is 0. The van der Waals surface area contributed by atoms with Crippen molar-refractivity contribution in [3.8, 4) is 67.2 Å². The van der Waals surface area contributed by atoms with Gasteiger partial charge in [-0.1, -0.05) is 109 Å². The Kier molecular flexibility index (Phi) is 8.07. The van der Waals surface area contributed by atoms with Gasteiger partial charge in [0.15, 0.2) is 0 Å². The minimum Gasteiger partial charge on any atom is -0.256 e. The average molecular weight is 740 g/mol. The molecule has 0 aliphatic carbocycles. The first kappa shape index (κ1) is 33.4. The summed E-state index contributed by atoms with van der Waals surface area (Å²) in [4.78, 5) is 24.6. The monoisotopic (exact) mass is 739 g/mol. The topological polar surface area (TPSA) is 64.5 Å². The Morgan fingerprint density at radius 3 is 1.36 bits per heavy atom. The molecular formula is C53H33N5. The van der Waals surface area contributed by atoms with Gasteiger partial charge in [0.2, 0.25) is 0 Å². The molecule has 6 aromatic carbocycles. The molecule has 0 unspecified atom stereocenters. The van der Waals surface area contributed by atoms with E-state index < -0.39 is 0 Å². The summed E-state index contributed by atoms with van der Waals surface area (Å²) in [6, 6.07) is 63.6. The molecule has 0 amide bonds. The third-order valence-electron chi connectivity index (χ3n) is 11.0. The van der Waals surface area contributed by atoms with Crippen molar-refractivity contribution >= 4 is 43.6 Å². The third-order valence-corrected chi connectivity index (χ3v) is 11.0. The van der Waals surface area contributed by atoms with Gasteiger partial charge in [0.25, 0.3) is 0 Å². The molecule has 270 valence electrons.